The van der Waals surface area contributed by atoms with E-state index in [1.807, 2.05) is 0 Å². The first-order valence-corrected chi connectivity index (χ1v) is 8.84. The molecule has 1 saturated heterocycles. The highest BCUT2D eigenvalue weighted by molar-refractivity contribution is 7.88. The molecule has 1 saturated carbocycles. The number of nitrogens with two attached hydrogens (primary N) is 1. The van der Waals surface area contributed by atoms with Gasteiger partial charge in [-0.15, -0.1) is 0 Å². The van der Waals surface area contributed by atoms with Crippen molar-refractivity contribution >= 4 is 10.0 Å². The smallest absolute Gasteiger partial charge is 0.211 e. The maximum Gasteiger partial charge on any atom is 0.211 e. The van der Waals surface area contributed by atoms with E-state index in [0.29, 0.717) is 30.5 Å². The molecule has 4 nitrogen and oxygen atoms in total. The lowest BCUT2D eigenvalue weighted by atomic mass is 9.77. The van der Waals surface area contributed by atoms with Gasteiger partial charge in [0.05, 0.1) is 6.26 Å². The first-order chi connectivity index (χ1) is 8.28. The van der Waals surface area contributed by atoms with Crippen molar-refractivity contribution in [2.24, 2.45) is 17.1 Å². The molecule has 1 aliphatic heterocycles. The van der Waals surface area contributed by atoms with Gasteiger partial charge in [-0.25, -0.2) is 12.7 Å². The van der Waals surface area contributed by atoms with Crippen LogP contribution >= 0.6 is 0 Å². The van der Waals surface area contributed by atoms with Crippen molar-refractivity contribution in [3.8, 4) is 0 Å². The molecule has 0 spiro atoms. The van der Waals surface area contributed by atoms with E-state index < -0.39 is 10.0 Å². The second-order valence-electron chi connectivity index (χ2n) is 6.65. The molecule has 2 rings (SSSR count). The Bertz CT molecular complexity index is 396. The highest BCUT2D eigenvalue weighted by Crippen LogP contribution is 2.43. The third-order valence-corrected chi connectivity index (χ3v) is 5.88. The van der Waals surface area contributed by atoms with Crippen LogP contribution in [0.5, 0.6) is 0 Å². The Labute approximate surface area is 111 Å². The number of rotatable bonds is 3. The summed E-state index contributed by atoms with van der Waals surface area (Å²) in [5.74, 6) is 0.517. The van der Waals surface area contributed by atoms with Gasteiger partial charge in [0, 0.05) is 19.1 Å². The van der Waals surface area contributed by atoms with Gasteiger partial charge in [-0.3, -0.25) is 0 Å². The first kappa shape index (κ1) is 14.3. The van der Waals surface area contributed by atoms with E-state index in [-0.39, 0.29) is 0 Å². The molecule has 0 bridgehead atoms. The Hall–Kier alpha value is -0.130. The monoisotopic (exact) mass is 274 g/mol. The lowest BCUT2D eigenvalue weighted by molar-refractivity contribution is 0.179. The van der Waals surface area contributed by atoms with Gasteiger partial charge in [-0.1, -0.05) is 6.92 Å². The van der Waals surface area contributed by atoms with Gasteiger partial charge >= 0.3 is 0 Å². The van der Waals surface area contributed by atoms with E-state index in [9.17, 15) is 8.42 Å². The molecule has 1 aliphatic carbocycles. The molecule has 106 valence electrons. The lowest BCUT2D eigenvalue weighted by Gasteiger charge is -2.36. The molecule has 18 heavy (non-hydrogen) atoms. The normalized spacial score (nSPS) is 39.1. The molecule has 3 unspecified atom stereocenters. The summed E-state index contributed by atoms with van der Waals surface area (Å²) in [7, 11) is -3.01. The fourth-order valence-electron chi connectivity index (χ4n) is 3.75. The van der Waals surface area contributed by atoms with Crippen LogP contribution in [-0.2, 0) is 10.0 Å². The Balaban J connectivity index is 1.94. The summed E-state index contributed by atoms with van der Waals surface area (Å²) < 4.78 is 24.9. The molecule has 0 radical (unpaired) electrons. The Morgan fingerprint density at radius 3 is 2.67 bits per heavy atom. The van der Waals surface area contributed by atoms with Crippen LogP contribution in [0.3, 0.4) is 0 Å². The van der Waals surface area contributed by atoms with Crippen LogP contribution < -0.4 is 5.73 Å². The summed E-state index contributed by atoms with van der Waals surface area (Å²) in [5.41, 5.74) is 6.34. The average Bonchev–Trinajstić information content (AvgIpc) is 2.57. The minimum Gasteiger partial charge on any atom is -0.328 e. The Morgan fingerprint density at radius 2 is 2.11 bits per heavy atom. The van der Waals surface area contributed by atoms with Crippen LogP contribution in [-0.4, -0.2) is 38.1 Å². The standard InChI is InChI=1S/C13H26N2O2S/c1-13(6-5-12(14)9-13)8-11-4-3-7-15(10-11)18(2,16)17/h11-12H,3-10,14H2,1-2H3. The van der Waals surface area contributed by atoms with Crippen LogP contribution in [0.15, 0.2) is 0 Å². The predicted octanol–water partition coefficient (Wildman–Crippen LogP) is 1.57. The fourth-order valence-corrected chi connectivity index (χ4v) is 4.69. The van der Waals surface area contributed by atoms with Crippen LogP contribution in [0.25, 0.3) is 0 Å². The highest BCUT2D eigenvalue weighted by Gasteiger charge is 2.37. The van der Waals surface area contributed by atoms with Crippen LogP contribution in [0.1, 0.15) is 45.4 Å². The Kier molecular flexibility index (Phi) is 4.04. The van der Waals surface area contributed by atoms with E-state index in [4.69, 9.17) is 5.73 Å². The molecule has 0 aromatic heterocycles. The fraction of sp³-hybridized carbons (Fsp3) is 1.00. The van der Waals surface area contributed by atoms with E-state index in [0.717, 1.165) is 32.1 Å². The SMILES string of the molecule is CC1(CC2CCCN(S(C)(=O)=O)C2)CCC(N)C1. The summed E-state index contributed by atoms with van der Waals surface area (Å²) in [4.78, 5) is 0. The molecular weight excluding hydrogens is 248 g/mol. The van der Waals surface area contributed by atoms with Gasteiger partial charge < -0.3 is 5.73 Å². The maximum absolute atomic E-state index is 11.6. The zero-order valence-electron chi connectivity index (χ0n) is 11.6. The van der Waals surface area contributed by atoms with Crippen LogP contribution in [0, 0.1) is 11.3 Å². The van der Waals surface area contributed by atoms with Crippen molar-refractivity contribution in [3.05, 3.63) is 0 Å². The zero-order chi connectivity index (χ0) is 13.4. The van der Waals surface area contributed by atoms with E-state index in [1.54, 1.807) is 4.31 Å². The predicted molar refractivity (Wildman–Crippen MR) is 73.7 cm³/mol. The highest BCUT2D eigenvalue weighted by atomic mass is 32.2. The Morgan fingerprint density at radius 1 is 1.39 bits per heavy atom. The van der Waals surface area contributed by atoms with Gasteiger partial charge in [0.15, 0.2) is 0 Å². The molecule has 5 heteroatoms. The average molecular weight is 274 g/mol. The zero-order valence-corrected chi connectivity index (χ0v) is 12.4. The topological polar surface area (TPSA) is 63.4 Å². The summed E-state index contributed by atoms with van der Waals surface area (Å²) in [6, 6.07) is 0.351. The lowest BCUT2D eigenvalue weighted by Crippen LogP contribution is -2.40. The molecule has 2 aliphatic rings. The van der Waals surface area contributed by atoms with Crippen molar-refractivity contribution in [2.75, 3.05) is 19.3 Å². The first-order valence-electron chi connectivity index (χ1n) is 6.99. The summed E-state index contributed by atoms with van der Waals surface area (Å²) >= 11 is 0. The van der Waals surface area contributed by atoms with Gasteiger partial charge in [0.1, 0.15) is 0 Å². The minimum absolute atomic E-state index is 0.338. The number of nitrogens with zero attached hydrogens (tertiary/aromatic N) is 1. The molecule has 0 aromatic carbocycles. The summed E-state index contributed by atoms with van der Waals surface area (Å²) in [6.45, 7) is 3.73. The number of piperidine rings is 1. The molecule has 1 heterocycles. The number of hydrogen-bond acceptors (Lipinski definition) is 3. The summed E-state index contributed by atoms with van der Waals surface area (Å²) in [6.07, 6.45) is 8.04. The molecule has 0 amide bonds. The second kappa shape index (κ2) is 5.10. The number of sulfonamides is 1. The third kappa shape index (κ3) is 3.45. The largest absolute Gasteiger partial charge is 0.328 e. The molecule has 0 aromatic rings. The van der Waals surface area contributed by atoms with Gasteiger partial charge in [0.2, 0.25) is 10.0 Å². The van der Waals surface area contributed by atoms with Gasteiger partial charge in [-0.05, 0) is 49.9 Å². The van der Waals surface area contributed by atoms with Crippen LogP contribution in [0.2, 0.25) is 0 Å². The van der Waals surface area contributed by atoms with Gasteiger partial charge in [0.25, 0.3) is 0 Å². The van der Waals surface area contributed by atoms with E-state index >= 15 is 0 Å². The quantitative estimate of drug-likeness (QED) is 0.849. The van der Waals surface area contributed by atoms with Crippen molar-refractivity contribution in [1.82, 2.24) is 4.31 Å². The van der Waals surface area contributed by atoms with Crippen molar-refractivity contribution < 1.29 is 8.42 Å². The third-order valence-electron chi connectivity index (χ3n) is 4.61. The van der Waals surface area contributed by atoms with Crippen LogP contribution in [0.4, 0.5) is 0 Å². The van der Waals surface area contributed by atoms with Crippen molar-refractivity contribution in [1.29, 1.82) is 0 Å². The second-order valence-corrected chi connectivity index (χ2v) is 8.63. The van der Waals surface area contributed by atoms with E-state index in [2.05, 4.69) is 6.92 Å². The van der Waals surface area contributed by atoms with Gasteiger partial charge in [-0.2, -0.15) is 0 Å². The minimum atomic E-state index is -3.01. The molecule has 3 atom stereocenters. The molecular formula is C13H26N2O2S. The number of hydrogen-bond donors (Lipinski definition) is 1. The summed E-state index contributed by atoms with van der Waals surface area (Å²) in [5, 5.41) is 0. The maximum atomic E-state index is 11.6. The van der Waals surface area contributed by atoms with Crippen molar-refractivity contribution in [3.63, 3.8) is 0 Å². The van der Waals surface area contributed by atoms with E-state index in [1.165, 1.54) is 12.7 Å². The molecule has 2 N–H and O–H groups in total. The van der Waals surface area contributed by atoms with Crippen molar-refractivity contribution in [2.45, 2.75) is 51.5 Å². The molecule has 2 fully saturated rings.